The van der Waals surface area contributed by atoms with Crippen LogP contribution >= 0.6 is 11.3 Å². The van der Waals surface area contributed by atoms with Crippen LogP contribution in [-0.4, -0.2) is 16.0 Å². The molecule has 4 rings (SSSR count). The smallest absolute Gasteiger partial charge is 0.195 e. The van der Waals surface area contributed by atoms with E-state index in [0.29, 0.717) is 11.1 Å². The Kier molecular flexibility index (Phi) is 3.98. The zero-order valence-corrected chi connectivity index (χ0v) is 14.9. The summed E-state index contributed by atoms with van der Waals surface area (Å²) in [5, 5.41) is 20.2. The summed E-state index contributed by atoms with van der Waals surface area (Å²) in [6.07, 6.45) is 0. The van der Waals surface area contributed by atoms with Crippen molar-refractivity contribution in [3.05, 3.63) is 83.4 Å². The highest BCUT2D eigenvalue weighted by Crippen LogP contribution is 2.41. The lowest BCUT2D eigenvalue weighted by molar-refractivity contribution is 0.104. The molecule has 0 radical (unpaired) electrons. The Morgan fingerprint density at radius 3 is 2.19 bits per heavy atom. The molecule has 0 fully saturated rings. The van der Waals surface area contributed by atoms with E-state index in [1.807, 2.05) is 31.2 Å². The van der Waals surface area contributed by atoms with Crippen LogP contribution in [0.3, 0.4) is 0 Å². The van der Waals surface area contributed by atoms with Gasteiger partial charge in [-0.2, -0.15) is 0 Å². The van der Waals surface area contributed by atoms with Crippen LogP contribution in [0.5, 0.6) is 11.5 Å². The highest BCUT2D eigenvalue weighted by Gasteiger charge is 2.21. The third-order valence-corrected chi connectivity index (χ3v) is 5.55. The molecule has 0 aliphatic rings. The van der Waals surface area contributed by atoms with Crippen molar-refractivity contribution in [2.45, 2.75) is 6.92 Å². The van der Waals surface area contributed by atoms with Gasteiger partial charge in [0.05, 0.1) is 0 Å². The normalized spacial score (nSPS) is 11.0. The van der Waals surface area contributed by atoms with E-state index in [9.17, 15) is 15.0 Å². The molecule has 0 aliphatic heterocycles. The molecule has 128 valence electrons. The van der Waals surface area contributed by atoms with Crippen LogP contribution in [0.2, 0.25) is 0 Å². The van der Waals surface area contributed by atoms with Gasteiger partial charge in [-0.3, -0.25) is 4.79 Å². The number of phenols is 2. The fraction of sp³-hybridized carbons (Fsp3) is 0.0455. The molecule has 0 aliphatic carbocycles. The first kappa shape index (κ1) is 16.4. The number of aryl methyl sites for hydroxylation is 1. The van der Waals surface area contributed by atoms with E-state index in [2.05, 4.69) is 0 Å². The van der Waals surface area contributed by atoms with Gasteiger partial charge < -0.3 is 10.2 Å². The standard InChI is InChI=1S/C22H16O3S/c1-13-2-4-14(5-3-13)21(25)20-18-11-10-17(24)12-19(18)26-22(20)15-6-8-16(23)9-7-15/h2-12,23-24H,1H3. The topological polar surface area (TPSA) is 57.5 Å². The molecule has 3 aromatic carbocycles. The molecule has 4 aromatic rings. The maximum atomic E-state index is 13.3. The quantitative estimate of drug-likeness (QED) is 0.473. The lowest BCUT2D eigenvalue weighted by Crippen LogP contribution is -2.02. The highest BCUT2D eigenvalue weighted by molar-refractivity contribution is 7.22. The number of fused-ring (bicyclic) bond motifs is 1. The molecule has 0 amide bonds. The first-order valence-electron chi connectivity index (χ1n) is 8.19. The number of ketones is 1. The van der Waals surface area contributed by atoms with E-state index in [4.69, 9.17) is 0 Å². The van der Waals surface area contributed by atoms with E-state index >= 15 is 0 Å². The SMILES string of the molecule is Cc1ccc(C(=O)c2c(-c3ccc(O)cc3)sc3cc(O)ccc23)cc1. The number of phenolic OH excluding ortho intramolecular Hbond substituents is 2. The van der Waals surface area contributed by atoms with Crippen LogP contribution in [0.15, 0.2) is 66.7 Å². The zero-order valence-electron chi connectivity index (χ0n) is 14.1. The number of carbonyl (C=O) groups excluding carboxylic acids is 1. The molecule has 4 heteroatoms. The molecule has 0 unspecified atom stereocenters. The fourth-order valence-electron chi connectivity index (χ4n) is 2.98. The number of hydrogen-bond acceptors (Lipinski definition) is 4. The highest BCUT2D eigenvalue weighted by atomic mass is 32.1. The number of aromatic hydroxyl groups is 2. The summed E-state index contributed by atoms with van der Waals surface area (Å²) in [5.41, 5.74) is 3.21. The lowest BCUT2D eigenvalue weighted by atomic mass is 9.97. The first-order chi connectivity index (χ1) is 12.5. The molecule has 0 spiro atoms. The summed E-state index contributed by atoms with van der Waals surface area (Å²) in [7, 11) is 0. The Hall–Kier alpha value is -3.11. The minimum Gasteiger partial charge on any atom is -0.508 e. The van der Waals surface area contributed by atoms with Gasteiger partial charge >= 0.3 is 0 Å². The molecule has 26 heavy (non-hydrogen) atoms. The molecule has 2 N–H and O–H groups in total. The second-order valence-electron chi connectivity index (χ2n) is 6.23. The van der Waals surface area contributed by atoms with Gasteiger partial charge in [0, 0.05) is 26.1 Å². The Balaban J connectivity index is 1.96. The van der Waals surface area contributed by atoms with Crippen molar-refractivity contribution in [1.82, 2.24) is 0 Å². The van der Waals surface area contributed by atoms with Crippen molar-refractivity contribution in [1.29, 1.82) is 0 Å². The zero-order chi connectivity index (χ0) is 18.3. The van der Waals surface area contributed by atoms with Crippen LogP contribution in [0.1, 0.15) is 21.5 Å². The summed E-state index contributed by atoms with van der Waals surface area (Å²) in [6.45, 7) is 1.99. The molecule has 1 aromatic heterocycles. The van der Waals surface area contributed by atoms with Crippen molar-refractivity contribution < 1.29 is 15.0 Å². The summed E-state index contributed by atoms with van der Waals surface area (Å²) in [6, 6.07) is 19.4. The largest absolute Gasteiger partial charge is 0.508 e. The monoisotopic (exact) mass is 360 g/mol. The second kappa shape index (κ2) is 6.32. The Morgan fingerprint density at radius 1 is 0.846 bits per heavy atom. The Bertz CT molecular complexity index is 1110. The summed E-state index contributed by atoms with van der Waals surface area (Å²) in [5.74, 6) is 0.300. The van der Waals surface area contributed by atoms with E-state index in [-0.39, 0.29) is 17.3 Å². The lowest BCUT2D eigenvalue weighted by Gasteiger charge is -2.06. The van der Waals surface area contributed by atoms with Gasteiger partial charge in [-0.15, -0.1) is 11.3 Å². The average Bonchev–Trinajstić information content (AvgIpc) is 3.00. The van der Waals surface area contributed by atoms with Gasteiger partial charge in [0.1, 0.15) is 11.5 Å². The maximum Gasteiger partial charge on any atom is 0.195 e. The molecule has 0 atom stereocenters. The van der Waals surface area contributed by atoms with Gasteiger partial charge in [-0.05, 0) is 55.0 Å². The third kappa shape index (κ3) is 2.85. The third-order valence-electron chi connectivity index (χ3n) is 4.34. The summed E-state index contributed by atoms with van der Waals surface area (Å²) >= 11 is 1.46. The number of benzene rings is 3. The number of rotatable bonds is 3. The van der Waals surface area contributed by atoms with E-state index in [1.165, 1.54) is 11.3 Å². The molecular weight excluding hydrogens is 344 g/mol. The van der Waals surface area contributed by atoms with Gasteiger partial charge in [0.25, 0.3) is 0 Å². The predicted molar refractivity (Wildman–Crippen MR) is 105 cm³/mol. The first-order valence-corrected chi connectivity index (χ1v) is 9.01. The van der Waals surface area contributed by atoms with Crippen molar-refractivity contribution in [3.63, 3.8) is 0 Å². The molecular formula is C22H16O3S. The van der Waals surface area contributed by atoms with E-state index in [0.717, 1.165) is 26.1 Å². The van der Waals surface area contributed by atoms with Gasteiger partial charge in [-0.1, -0.05) is 29.8 Å². The van der Waals surface area contributed by atoms with Crippen LogP contribution in [-0.2, 0) is 0 Å². The van der Waals surface area contributed by atoms with E-state index < -0.39 is 0 Å². The molecule has 0 saturated carbocycles. The van der Waals surface area contributed by atoms with Crippen molar-refractivity contribution in [3.8, 4) is 21.9 Å². The maximum absolute atomic E-state index is 13.3. The minimum atomic E-state index is -0.0509. The van der Waals surface area contributed by atoms with Crippen LogP contribution in [0.4, 0.5) is 0 Å². The van der Waals surface area contributed by atoms with Gasteiger partial charge in [0.15, 0.2) is 5.78 Å². The van der Waals surface area contributed by atoms with Gasteiger partial charge in [0.2, 0.25) is 0 Å². The molecule has 1 heterocycles. The average molecular weight is 360 g/mol. The van der Waals surface area contributed by atoms with Crippen molar-refractivity contribution >= 4 is 27.2 Å². The van der Waals surface area contributed by atoms with Crippen LogP contribution in [0.25, 0.3) is 20.5 Å². The van der Waals surface area contributed by atoms with Crippen LogP contribution < -0.4 is 0 Å². The number of carbonyl (C=O) groups is 1. The van der Waals surface area contributed by atoms with Crippen molar-refractivity contribution in [2.75, 3.05) is 0 Å². The summed E-state index contributed by atoms with van der Waals surface area (Å²) in [4.78, 5) is 14.1. The predicted octanol–water partition coefficient (Wildman–Crippen LogP) is 5.52. The molecule has 0 saturated heterocycles. The minimum absolute atomic E-state index is 0.0509. The number of thiophene rings is 1. The fourth-order valence-corrected chi connectivity index (χ4v) is 4.21. The number of hydrogen-bond donors (Lipinski definition) is 2. The summed E-state index contributed by atoms with van der Waals surface area (Å²) < 4.78 is 0.850. The Labute approximate surface area is 154 Å². The van der Waals surface area contributed by atoms with Crippen molar-refractivity contribution in [2.24, 2.45) is 0 Å². The molecule has 3 nitrogen and oxygen atoms in total. The second-order valence-corrected chi connectivity index (χ2v) is 7.28. The van der Waals surface area contributed by atoms with E-state index in [1.54, 1.807) is 42.5 Å². The van der Waals surface area contributed by atoms with Gasteiger partial charge in [-0.25, -0.2) is 0 Å². The van der Waals surface area contributed by atoms with Crippen LogP contribution in [0, 0.1) is 6.92 Å². The Morgan fingerprint density at radius 2 is 1.50 bits per heavy atom. The molecule has 0 bridgehead atoms.